The van der Waals surface area contributed by atoms with E-state index in [1.807, 2.05) is 2.73 Å². The molecule has 0 N–H and O–H groups in total. The molecule has 0 aliphatic carbocycles. The van der Waals surface area contributed by atoms with Crippen LogP contribution < -0.4 is 0 Å². The van der Waals surface area contributed by atoms with Gasteiger partial charge in [-0.05, 0) is 0 Å². The number of nitrogens with zero attached hydrogens (tertiary/aromatic N) is 4. The Morgan fingerprint density at radius 3 is 3.10 bits per heavy atom. The van der Waals surface area contributed by atoms with E-state index in [1.54, 1.807) is 12.5 Å². The first kappa shape index (κ1) is 6.10. The fourth-order valence-corrected chi connectivity index (χ4v) is 1.54. The molecule has 4 nitrogen and oxygen atoms in total. The fraction of sp³-hybridized carbons (Fsp3) is 0. The third-order valence-electron chi connectivity index (χ3n) is 1.24. The molecule has 2 rings (SSSR count). The zero-order valence-electron chi connectivity index (χ0n) is 5.10. The molecule has 0 bridgehead atoms. The van der Waals surface area contributed by atoms with E-state index in [9.17, 15) is 0 Å². The first-order chi connectivity index (χ1) is 4.88. The molecule has 0 radical (unpaired) electrons. The monoisotopic (exact) mass is 242 g/mol. The van der Waals surface area contributed by atoms with Gasteiger partial charge in [-0.1, -0.05) is 0 Å². The van der Waals surface area contributed by atoms with Gasteiger partial charge in [0.2, 0.25) is 0 Å². The average molecular weight is 243 g/mol. The Kier molecular flexibility index (Phi) is 1.34. The Bertz CT molecular complexity index is 355. The quantitative estimate of drug-likeness (QED) is 0.570. The van der Waals surface area contributed by atoms with E-state index >= 15 is 0 Å². The van der Waals surface area contributed by atoms with Crippen molar-refractivity contribution in [1.82, 2.24) is 17.7 Å². The summed E-state index contributed by atoms with van der Waals surface area (Å²) in [6, 6.07) is 0. The summed E-state index contributed by atoms with van der Waals surface area (Å²) >= 11 is 0.986. The van der Waals surface area contributed by atoms with Crippen LogP contribution in [0.4, 0.5) is 0 Å². The number of rotatable bonds is 0. The summed E-state index contributed by atoms with van der Waals surface area (Å²) in [5.74, 6) is 0. The summed E-state index contributed by atoms with van der Waals surface area (Å²) in [4.78, 5) is 12.0. The molecule has 0 aromatic carbocycles. The number of hydrogen-bond donors (Lipinski definition) is 0. The number of aromatic nitrogens is 4. The summed E-state index contributed by atoms with van der Waals surface area (Å²) in [5.41, 5.74) is 1.80. The third kappa shape index (κ3) is 0.797. The van der Waals surface area contributed by atoms with Gasteiger partial charge in [-0.3, -0.25) is 0 Å². The first-order valence-electron chi connectivity index (χ1n) is 2.76. The van der Waals surface area contributed by atoms with Gasteiger partial charge in [0.05, 0.1) is 0 Å². The second-order valence-electron chi connectivity index (χ2n) is 1.88. The SMILES string of the molecule is [SbH2][n]1cnc2cncnc21. The van der Waals surface area contributed by atoms with Crippen LogP contribution in [0.3, 0.4) is 0 Å². The van der Waals surface area contributed by atoms with Crippen LogP contribution in [0.5, 0.6) is 0 Å². The van der Waals surface area contributed by atoms with Crippen molar-refractivity contribution in [3.8, 4) is 0 Å². The standard InChI is InChI=1S/C5H3N4.Sb.2H/c1-4-5(8-2-6-1)9-3-7-4;;;/h1-3H;;;/q-1;+1;;. The Morgan fingerprint density at radius 1 is 1.40 bits per heavy atom. The first-order valence-corrected chi connectivity index (χ1v) is 4.23. The molecule has 0 fully saturated rings. The maximum absolute atomic E-state index is 4.09. The predicted molar refractivity (Wildman–Crippen MR) is 39.3 cm³/mol. The third-order valence-corrected chi connectivity index (χ3v) is 2.32. The summed E-state index contributed by atoms with van der Waals surface area (Å²) in [6.07, 6.45) is 5.04. The van der Waals surface area contributed by atoms with Gasteiger partial charge in [0.1, 0.15) is 0 Å². The van der Waals surface area contributed by atoms with Crippen LogP contribution in [0.15, 0.2) is 18.9 Å². The molecule has 50 valence electrons. The molecule has 2 aromatic heterocycles. The molecule has 2 heterocycles. The normalized spacial score (nSPS) is 10.5. The Labute approximate surface area is 71.2 Å². The number of hydrogen-bond acceptors (Lipinski definition) is 3. The summed E-state index contributed by atoms with van der Waals surface area (Å²) in [5, 5.41) is 0. The topological polar surface area (TPSA) is 43.6 Å². The van der Waals surface area contributed by atoms with Crippen LogP contribution in [-0.4, -0.2) is 41.0 Å². The molecule has 0 spiro atoms. The molecule has 0 saturated carbocycles. The minimum atomic E-state index is 0.870. The number of imidazole rings is 1. The Morgan fingerprint density at radius 2 is 2.30 bits per heavy atom. The molecule has 0 amide bonds. The van der Waals surface area contributed by atoms with Crippen molar-refractivity contribution in [2.75, 3.05) is 0 Å². The van der Waals surface area contributed by atoms with Gasteiger partial charge in [0.25, 0.3) is 0 Å². The van der Waals surface area contributed by atoms with Gasteiger partial charge in [-0.25, -0.2) is 0 Å². The molecule has 0 aliphatic rings. The van der Waals surface area contributed by atoms with Crippen LogP contribution in [0, 0.1) is 0 Å². The van der Waals surface area contributed by atoms with Gasteiger partial charge in [0, 0.05) is 0 Å². The molecule has 2 aromatic rings. The van der Waals surface area contributed by atoms with Crippen molar-refractivity contribution in [3.63, 3.8) is 0 Å². The second-order valence-corrected chi connectivity index (χ2v) is 3.47. The van der Waals surface area contributed by atoms with Gasteiger partial charge < -0.3 is 0 Å². The predicted octanol–water partition coefficient (Wildman–Crippen LogP) is -0.778. The van der Waals surface area contributed by atoms with Gasteiger partial charge in [-0.2, -0.15) is 0 Å². The van der Waals surface area contributed by atoms with E-state index in [0.29, 0.717) is 0 Å². The molecular weight excluding hydrogens is 238 g/mol. The molecule has 5 heteroatoms. The minimum absolute atomic E-state index is 0.870. The second kappa shape index (κ2) is 2.20. The molecule has 10 heavy (non-hydrogen) atoms. The summed E-state index contributed by atoms with van der Waals surface area (Å²) in [6.45, 7) is 0. The molecule has 0 atom stereocenters. The van der Waals surface area contributed by atoms with Gasteiger partial charge in [0.15, 0.2) is 0 Å². The van der Waals surface area contributed by atoms with E-state index in [0.717, 1.165) is 34.5 Å². The van der Waals surface area contributed by atoms with Crippen molar-refractivity contribution >= 4 is 34.5 Å². The Hall–Kier alpha value is -0.632. The summed E-state index contributed by atoms with van der Waals surface area (Å²) < 4.78 is 1.99. The van der Waals surface area contributed by atoms with Crippen molar-refractivity contribution in [1.29, 1.82) is 0 Å². The zero-order valence-corrected chi connectivity index (χ0v) is 8.39. The van der Waals surface area contributed by atoms with E-state index in [-0.39, 0.29) is 0 Å². The van der Waals surface area contributed by atoms with Crippen LogP contribution in [0.2, 0.25) is 0 Å². The maximum atomic E-state index is 4.09. The molecular formula is C5H5N4Sb. The van der Waals surface area contributed by atoms with Crippen LogP contribution >= 0.6 is 0 Å². The van der Waals surface area contributed by atoms with E-state index in [2.05, 4.69) is 15.0 Å². The van der Waals surface area contributed by atoms with Crippen molar-refractivity contribution < 1.29 is 0 Å². The van der Waals surface area contributed by atoms with Gasteiger partial charge >= 0.3 is 71.0 Å². The molecule has 0 saturated heterocycles. The van der Waals surface area contributed by atoms with Gasteiger partial charge in [-0.15, -0.1) is 0 Å². The van der Waals surface area contributed by atoms with Crippen LogP contribution in [0.25, 0.3) is 11.2 Å². The fourth-order valence-electron chi connectivity index (χ4n) is 0.785. The van der Waals surface area contributed by atoms with Crippen molar-refractivity contribution in [2.45, 2.75) is 0 Å². The number of fused-ring (bicyclic) bond motifs is 1. The molecule has 0 aliphatic heterocycles. The van der Waals surface area contributed by atoms with E-state index < -0.39 is 0 Å². The van der Waals surface area contributed by atoms with Crippen molar-refractivity contribution in [2.24, 2.45) is 0 Å². The van der Waals surface area contributed by atoms with E-state index in [4.69, 9.17) is 0 Å². The zero-order chi connectivity index (χ0) is 6.97. The summed E-state index contributed by atoms with van der Waals surface area (Å²) in [7, 11) is 0. The molecule has 0 unspecified atom stereocenters. The van der Waals surface area contributed by atoms with E-state index in [1.165, 1.54) is 6.33 Å². The Balaban J connectivity index is 2.93. The average Bonchev–Trinajstić information content (AvgIpc) is 2.34. The van der Waals surface area contributed by atoms with Crippen LogP contribution in [0.1, 0.15) is 0 Å². The van der Waals surface area contributed by atoms with Crippen LogP contribution in [-0.2, 0) is 0 Å². The van der Waals surface area contributed by atoms with Crippen molar-refractivity contribution in [3.05, 3.63) is 18.9 Å².